The Morgan fingerprint density at radius 2 is 2.17 bits per heavy atom. The Labute approximate surface area is 140 Å². The molecule has 0 bridgehead atoms. The van der Waals surface area contributed by atoms with Crippen LogP contribution in [0.15, 0.2) is 36.7 Å². The van der Waals surface area contributed by atoms with Gasteiger partial charge in [-0.15, -0.1) is 0 Å². The van der Waals surface area contributed by atoms with Crippen LogP contribution in [0.3, 0.4) is 0 Å². The van der Waals surface area contributed by atoms with Crippen molar-refractivity contribution in [1.29, 1.82) is 0 Å². The number of hydrogen-bond acceptors (Lipinski definition) is 4. The van der Waals surface area contributed by atoms with Crippen LogP contribution >= 0.6 is 11.6 Å². The number of nitrogens with one attached hydrogen (secondary N) is 2. The number of nitrogens with zero attached hydrogens (tertiary/aromatic N) is 3. The second-order valence-corrected chi connectivity index (χ2v) is 6.31. The summed E-state index contributed by atoms with van der Waals surface area (Å²) in [5.41, 5.74) is 8.35. The predicted octanol–water partition coefficient (Wildman–Crippen LogP) is 1.50. The van der Waals surface area contributed by atoms with Crippen molar-refractivity contribution in [1.82, 2.24) is 25.5 Å². The van der Waals surface area contributed by atoms with Crippen molar-refractivity contribution in [3.05, 3.63) is 52.8 Å². The third-order valence-corrected chi connectivity index (χ3v) is 4.33. The fraction of sp³-hybridized carbons (Fsp3) is 0.375. The van der Waals surface area contributed by atoms with Crippen LogP contribution in [0.2, 0.25) is 5.02 Å². The van der Waals surface area contributed by atoms with Gasteiger partial charge in [0.15, 0.2) is 0 Å². The quantitative estimate of drug-likeness (QED) is 0.890. The number of halogens is 1. The highest BCUT2D eigenvalue weighted by Crippen LogP contribution is 2.27. The summed E-state index contributed by atoms with van der Waals surface area (Å²) in [4.78, 5) is 14.5. The van der Waals surface area contributed by atoms with Gasteiger partial charge in [-0.25, -0.2) is 5.43 Å². The van der Waals surface area contributed by atoms with Gasteiger partial charge in [-0.1, -0.05) is 23.7 Å². The maximum absolute atomic E-state index is 12.8. The fourth-order valence-electron chi connectivity index (χ4n) is 2.90. The summed E-state index contributed by atoms with van der Waals surface area (Å²) in [6, 6.07) is 7.54. The van der Waals surface area contributed by atoms with Crippen molar-refractivity contribution in [2.45, 2.75) is 12.6 Å². The zero-order valence-electron chi connectivity index (χ0n) is 13.2. The molecule has 1 saturated heterocycles. The summed E-state index contributed by atoms with van der Waals surface area (Å²) < 4.78 is 1.74. The Hall–Kier alpha value is -1.89. The molecular weight excluding hydrogens is 314 g/mol. The summed E-state index contributed by atoms with van der Waals surface area (Å²) in [6.07, 6.45) is 3.71. The molecule has 2 N–H and O–H groups in total. The maximum atomic E-state index is 12.8. The Morgan fingerprint density at radius 3 is 2.83 bits per heavy atom. The van der Waals surface area contributed by atoms with Crippen LogP contribution < -0.4 is 10.9 Å². The summed E-state index contributed by atoms with van der Waals surface area (Å²) >= 11 is 5.94. The highest BCUT2D eigenvalue weighted by atomic mass is 35.5. The van der Waals surface area contributed by atoms with Gasteiger partial charge in [0, 0.05) is 44.0 Å². The molecule has 1 aromatic carbocycles. The van der Waals surface area contributed by atoms with Gasteiger partial charge in [-0.3, -0.25) is 14.9 Å². The van der Waals surface area contributed by atoms with Crippen molar-refractivity contribution < 1.29 is 4.79 Å². The molecule has 2 heterocycles. The van der Waals surface area contributed by atoms with E-state index in [0.717, 1.165) is 11.1 Å². The van der Waals surface area contributed by atoms with Gasteiger partial charge in [-0.2, -0.15) is 5.10 Å². The standard InChI is InChI=1S/C16H20ClN5O/c1-21(9-11-7-19-22(2)10-11)16(23)14-8-18-20-15(14)12-3-5-13(17)6-4-12/h3-7,10,14-15,18,20H,8-9H2,1-2H3. The van der Waals surface area contributed by atoms with Crippen LogP contribution in [0.25, 0.3) is 0 Å². The number of carbonyl (C=O) groups is 1. The lowest BCUT2D eigenvalue weighted by molar-refractivity contribution is -0.134. The van der Waals surface area contributed by atoms with E-state index in [1.54, 1.807) is 15.8 Å². The molecule has 3 rings (SSSR count). The molecule has 2 unspecified atom stereocenters. The van der Waals surface area contributed by atoms with Crippen LogP contribution in [0, 0.1) is 5.92 Å². The van der Waals surface area contributed by atoms with Crippen molar-refractivity contribution in [3.8, 4) is 0 Å². The van der Waals surface area contributed by atoms with Crippen molar-refractivity contribution in [2.75, 3.05) is 13.6 Å². The minimum absolute atomic E-state index is 0.0592. The second kappa shape index (κ2) is 6.70. The van der Waals surface area contributed by atoms with E-state index < -0.39 is 0 Å². The average Bonchev–Trinajstić information content (AvgIpc) is 3.16. The number of hydrogen-bond donors (Lipinski definition) is 2. The van der Waals surface area contributed by atoms with Crippen LogP contribution in [0.5, 0.6) is 0 Å². The van der Waals surface area contributed by atoms with E-state index in [1.807, 2.05) is 44.6 Å². The monoisotopic (exact) mass is 333 g/mol. The molecule has 1 aliphatic rings. The Kier molecular flexibility index (Phi) is 4.66. The molecule has 1 fully saturated rings. The minimum Gasteiger partial charge on any atom is -0.341 e. The molecule has 0 aliphatic carbocycles. The largest absolute Gasteiger partial charge is 0.341 e. The van der Waals surface area contributed by atoms with Gasteiger partial charge in [0.25, 0.3) is 0 Å². The van der Waals surface area contributed by atoms with Gasteiger partial charge in [0.1, 0.15) is 0 Å². The third kappa shape index (κ3) is 3.55. The van der Waals surface area contributed by atoms with Gasteiger partial charge in [0.2, 0.25) is 5.91 Å². The molecule has 23 heavy (non-hydrogen) atoms. The van der Waals surface area contributed by atoms with E-state index in [9.17, 15) is 4.79 Å². The predicted molar refractivity (Wildman–Crippen MR) is 88.5 cm³/mol. The first-order valence-electron chi connectivity index (χ1n) is 7.51. The molecule has 7 heteroatoms. The van der Waals surface area contributed by atoms with Crippen LogP contribution in [-0.4, -0.2) is 34.2 Å². The lowest BCUT2D eigenvalue weighted by Gasteiger charge is -2.24. The Balaban J connectivity index is 1.71. The first-order chi connectivity index (χ1) is 11.0. The highest BCUT2D eigenvalue weighted by molar-refractivity contribution is 6.30. The number of rotatable bonds is 4. The molecule has 0 spiro atoms. The van der Waals surface area contributed by atoms with Crippen molar-refractivity contribution in [3.63, 3.8) is 0 Å². The molecule has 1 aromatic heterocycles. The first-order valence-corrected chi connectivity index (χ1v) is 7.89. The molecule has 1 amide bonds. The van der Waals surface area contributed by atoms with E-state index in [2.05, 4.69) is 16.0 Å². The maximum Gasteiger partial charge on any atom is 0.229 e. The van der Waals surface area contributed by atoms with E-state index in [-0.39, 0.29) is 17.9 Å². The van der Waals surface area contributed by atoms with Crippen LogP contribution in [-0.2, 0) is 18.4 Å². The number of amides is 1. The van der Waals surface area contributed by atoms with Gasteiger partial charge >= 0.3 is 0 Å². The molecule has 0 saturated carbocycles. The average molecular weight is 334 g/mol. The summed E-state index contributed by atoms with van der Waals surface area (Å²) in [5, 5.41) is 4.83. The molecule has 0 radical (unpaired) electrons. The number of aromatic nitrogens is 2. The smallest absolute Gasteiger partial charge is 0.229 e. The number of carbonyl (C=O) groups excluding carboxylic acids is 1. The van der Waals surface area contributed by atoms with Gasteiger partial charge < -0.3 is 4.90 Å². The zero-order chi connectivity index (χ0) is 16.4. The molecule has 6 nitrogen and oxygen atoms in total. The van der Waals surface area contributed by atoms with Crippen molar-refractivity contribution in [2.24, 2.45) is 13.0 Å². The van der Waals surface area contributed by atoms with Crippen LogP contribution in [0.4, 0.5) is 0 Å². The van der Waals surface area contributed by atoms with Crippen LogP contribution in [0.1, 0.15) is 17.2 Å². The van der Waals surface area contributed by atoms with E-state index in [4.69, 9.17) is 11.6 Å². The van der Waals surface area contributed by atoms with Gasteiger partial charge in [0.05, 0.1) is 18.2 Å². The molecule has 122 valence electrons. The highest BCUT2D eigenvalue weighted by Gasteiger charge is 2.35. The Morgan fingerprint density at radius 1 is 1.43 bits per heavy atom. The SMILES string of the molecule is CN(Cc1cnn(C)c1)C(=O)C1CNNC1c1ccc(Cl)cc1. The lowest BCUT2D eigenvalue weighted by Crippen LogP contribution is -2.36. The van der Waals surface area contributed by atoms with Gasteiger partial charge in [-0.05, 0) is 17.7 Å². The third-order valence-electron chi connectivity index (χ3n) is 4.08. The van der Waals surface area contributed by atoms with E-state index in [1.165, 1.54) is 0 Å². The minimum atomic E-state index is -0.155. The molecule has 2 atom stereocenters. The number of benzene rings is 1. The second-order valence-electron chi connectivity index (χ2n) is 5.88. The molecule has 1 aliphatic heterocycles. The van der Waals surface area contributed by atoms with Crippen molar-refractivity contribution >= 4 is 17.5 Å². The Bertz CT molecular complexity index is 684. The summed E-state index contributed by atoms with van der Waals surface area (Å²) in [6.45, 7) is 1.15. The summed E-state index contributed by atoms with van der Waals surface area (Å²) in [5.74, 6) is -0.0517. The topological polar surface area (TPSA) is 62.2 Å². The van der Waals surface area contributed by atoms with E-state index >= 15 is 0 Å². The molecular formula is C16H20ClN5O. The van der Waals surface area contributed by atoms with E-state index in [0.29, 0.717) is 18.1 Å². The summed E-state index contributed by atoms with van der Waals surface area (Å²) in [7, 11) is 3.69. The normalized spacial score (nSPS) is 20.7. The zero-order valence-corrected chi connectivity index (χ0v) is 13.9. The first kappa shape index (κ1) is 16.0. The molecule has 2 aromatic rings. The number of hydrazine groups is 1. The fourth-order valence-corrected chi connectivity index (χ4v) is 3.03. The lowest BCUT2D eigenvalue weighted by atomic mass is 9.93. The number of aryl methyl sites for hydroxylation is 1.